The molecule has 2 aromatic heterocycles. The topological polar surface area (TPSA) is 88.9 Å². The van der Waals surface area contributed by atoms with Crippen LogP contribution in [0.25, 0.3) is 17.1 Å². The Bertz CT molecular complexity index is 1080. The van der Waals surface area contributed by atoms with Crippen LogP contribution in [0, 0.1) is 0 Å². The minimum absolute atomic E-state index is 0.0514. The van der Waals surface area contributed by atoms with Crippen LogP contribution in [0.4, 0.5) is 5.69 Å². The number of anilines is 1. The highest BCUT2D eigenvalue weighted by molar-refractivity contribution is 6.02. The summed E-state index contributed by atoms with van der Waals surface area (Å²) in [6.07, 6.45) is 8.66. The lowest BCUT2D eigenvalue weighted by Crippen LogP contribution is -2.25. The van der Waals surface area contributed by atoms with E-state index in [1.165, 1.54) is 6.08 Å². The molecule has 0 spiro atoms. The second-order valence-electron chi connectivity index (χ2n) is 7.51. The van der Waals surface area contributed by atoms with Gasteiger partial charge in [-0.15, -0.1) is 0 Å². The van der Waals surface area contributed by atoms with Crippen LogP contribution in [-0.4, -0.2) is 32.6 Å². The molecule has 7 nitrogen and oxygen atoms in total. The van der Waals surface area contributed by atoms with Crippen molar-refractivity contribution in [2.75, 3.05) is 5.32 Å². The zero-order valence-electron chi connectivity index (χ0n) is 16.4. The Balaban J connectivity index is 1.38. The quantitative estimate of drug-likeness (QED) is 0.631. The van der Waals surface area contributed by atoms with Crippen LogP contribution < -0.4 is 10.6 Å². The summed E-state index contributed by atoms with van der Waals surface area (Å²) in [6, 6.07) is 9.57. The maximum Gasteiger partial charge on any atom is 0.251 e. The Kier molecular flexibility index (Phi) is 5.12. The third-order valence-corrected chi connectivity index (χ3v) is 4.70. The van der Waals surface area contributed by atoms with Crippen molar-refractivity contribution in [3.05, 3.63) is 59.9 Å². The largest absolute Gasteiger partial charge is 0.349 e. The SMILES string of the molecule is CC(C)n1ncc2cc(NC(=O)/C=C/c3ccc(C(=O)NC4CC4)cc3)cnc21. The normalized spacial score (nSPS) is 13.9. The molecule has 0 bridgehead atoms. The van der Waals surface area contributed by atoms with Gasteiger partial charge in [0.15, 0.2) is 5.65 Å². The number of pyridine rings is 1. The first-order valence-electron chi connectivity index (χ1n) is 9.73. The second kappa shape index (κ2) is 7.87. The van der Waals surface area contributed by atoms with E-state index in [0.717, 1.165) is 29.4 Å². The predicted molar refractivity (Wildman–Crippen MR) is 113 cm³/mol. The maximum absolute atomic E-state index is 12.2. The van der Waals surface area contributed by atoms with Gasteiger partial charge in [0.25, 0.3) is 5.91 Å². The number of hydrogen-bond acceptors (Lipinski definition) is 4. The van der Waals surface area contributed by atoms with Crippen molar-refractivity contribution in [3.8, 4) is 0 Å². The Morgan fingerprint density at radius 2 is 1.93 bits per heavy atom. The number of rotatable bonds is 6. The summed E-state index contributed by atoms with van der Waals surface area (Å²) < 4.78 is 1.84. The average Bonchev–Trinajstić information content (AvgIpc) is 3.42. The third kappa shape index (κ3) is 4.51. The lowest BCUT2D eigenvalue weighted by Gasteiger charge is -2.07. The Morgan fingerprint density at radius 1 is 1.17 bits per heavy atom. The van der Waals surface area contributed by atoms with Gasteiger partial charge in [-0.3, -0.25) is 9.59 Å². The zero-order valence-corrected chi connectivity index (χ0v) is 16.4. The van der Waals surface area contributed by atoms with Crippen molar-refractivity contribution < 1.29 is 9.59 Å². The molecule has 0 saturated heterocycles. The van der Waals surface area contributed by atoms with Gasteiger partial charge in [-0.05, 0) is 56.5 Å². The highest BCUT2D eigenvalue weighted by Crippen LogP contribution is 2.20. The monoisotopic (exact) mass is 389 g/mol. The second-order valence-corrected chi connectivity index (χ2v) is 7.51. The molecule has 0 aliphatic heterocycles. The minimum atomic E-state index is -0.252. The summed E-state index contributed by atoms with van der Waals surface area (Å²) in [4.78, 5) is 28.6. The summed E-state index contributed by atoms with van der Waals surface area (Å²) >= 11 is 0. The molecule has 148 valence electrons. The summed E-state index contributed by atoms with van der Waals surface area (Å²) in [5.74, 6) is -0.303. The summed E-state index contributed by atoms with van der Waals surface area (Å²) in [5, 5.41) is 11.0. The number of carbonyl (C=O) groups excluding carboxylic acids is 2. The van der Waals surface area contributed by atoms with Gasteiger partial charge in [-0.25, -0.2) is 9.67 Å². The van der Waals surface area contributed by atoms with Crippen LogP contribution in [0.5, 0.6) is 0 Å². The summed E-state index contributed by atoms with van der Waals surface area (Å²) in [5.41, 5.74) is 2.87. The van der Waals surface area contributed by atoms with Crippen LogP contribution in [0.1, 0.15) is 48.7 Å². The first-order chi connectivity index (χ1) is 14.0. The van der Waals surface area contributed by atoms with E-state index < -0.39 is 0 Å². The molecule has 7 heteroatoms. The molecule has 29 heavy (non-hydrogen) atoms. The number of fused-ring (bicyclic) bond motifs is 1. The van der Waals surface area contributed by atoms with Crippen molar-refractivity contribution in [3.63, 3.8) is 0 Å². The number of nitrogens with one attached hydrogen (secondary N) is 2. The molecule has 0 unspecified atom stereocenters. The van der Waals surface area contributed by atoms with E-state index in [1.54, 1.807) is 30.6 Å². The smallest absolute Gasteiger partial charge is 0.251 e. The number of nitrogens with zero attached hydrogens (tertiary/aromatic N) is 3. The highest BCUT2D eigenvalue weighted by atomic mass is 16.2. The number of carbonyl (C=O) groups is 2. The van der Waals surface area contributed by atoms with E-state index in [-0.39, 0.29) is 17.9 Å². The van der Waals surface area contributed by atoms with Gasteiger partial charge >= 0.3 is 0 Å². The fourth-order valence-electron chi connectivity index (χ4n) is 2.98. The molecule has 1 saturated carbocycles. The first-order valence-corrected chi connectivity index (χ1v) is 9.73. The molecule has 2 heterocycles. The molecular formula is C22H23N5O2. The van der Waals surface area contributed by atoms with Gasteiger partial charge < -0.3 is 10.6 Å². The van der Waals surface area contributed by atoms with Crippen molar-refractivity contribution in [2.45, 2.75) is 38.8 Å². The Morgan fingerprint density at radius 3 is 2.62 bits per heavy atom. The fraction of sp³-hybridized carbons (Fsp3) is 0.273. The Labute approximate surface area is 168 Å². The predicted octanol–water partition coefficient (Wildman–Crippen LogP) is 3.56. The van der Waals surface area contributed by atoms with E-state index >= 15 is 0 Å². The van der Waals surface area contributed by atoms with E-state index in [0.29, 0.717) is 17.3 Å². The lowest BCUT2D eigenvalue weighted by molar-refractivity contribution is -0.111. The molecular weight excluding hydrogens is 366 g/mol. The van der Waals surface area contributed by atoms with Gasteiger partial charge in [-0.2, -0.15) is 5.10 Å². The third-order valence-electron chi connectivity index (χ3n) is 4.70. The molecule has 1 aliphatic carbocycles. The van der Waals surface area contributed by atoms with Gasteiger partial charge in [0.2, 0.25) is 5.91 Å². The van der Waals surface area contributed by atoms with Crippen LogP contribution in [0.3, 0.4) is 0 Å². The van der Waals surface area contributed by atoms with Gasteiger partial charge in [0, 0.05) is 29.1 Å². The number of hydrogen-bond donors (Lipinski definition) is 2. The molecule has 0 radical (unpaired) electrons. The van der Waals surface area contributed by atoms with Crippen LogP contribution in [-0.2, 0) is 4.79 Å². The van der Waals surface area contributed by atoms with Crippen molar-refractivity contribution in [1.29, 1.82) is 0 Å². The number of benzene rings is 1. The molecule has 4 rings (SSSR count). The van der Waals surface area contributed by atoms with Gasteiger partial charge in [0.1, 0.15) is 0 Å². The van der Waals surface area contributed by atoms with Crippen molar-refractivity contribution in [1.82, 2.24) is 20.1 Å². The van der Waals surface area contributed by atoms with Crippen molar-refractivity contribution in [2.24, 2.45) is 0 Å². The first kappa shape index (κ1) is 18.9. The number of aromatic nitrogens is 3. The number of amides is 2. The average molecular weight is 389 g/mol. The van der Waals surface area contributed by atoms with Crippen LogP contribution in [0.2, 0.25) is 0 Å². The highest BCUT2D eigenvalue weighted by Gasteiger charge is 2.23. The van der Waals surface area contributed by atoms with Gasteiger partial charge in [-0.1, -0.05) is 12.1 Å². The molecule has 2 N–H and O–H groups in total. The molecule has 1 aliphatic rings. The lowest BCUT2D eigenvalue weighted by atomic mass is 10.1. The molecule has 2 amide bonds. The molecule has 0 atom stereocenters. The van der Waals surface area contributed by atoms with Crippen molar-refractivity contribution >= 4 is 34.6 Å². The maximum atomic E-state index is 12.2. The van der Waals surface area contributed by atoms with E-state index in [9.17, 15) is 9.59 Å². The van der Waals surface area contributed by atoms with E-state index in [4.69, 9.17) is 0 Å². The van der Waals surface area contributed by atoms with Crippen LogP contribution >= 0.6 is 0 Å². The fourth-order valence-corrected chi connectivity index (χ4v) is 2.98. The molecule has 3 aromatic rings. The summed E-state index contributed by atoms with van der Waals surface area (Å²) in [7, 11) is 0. The van der Waals surface area contributed by atoms with Crippen LogP contribution in [0.15, 0.2) is 48.8 Å². The van der Waals surface area contributed by atoms with E-state index in [2.05, 4.69) is 20.7 Å². The standard InChI is InChI=1S/C22H23N5O2/c1-14(2)27-21-17(12-24-27)11-19(13-23-21)25-20(28)10-5-15-3-6-16(7-4-15)22(29)26-18-8-9-18/h3-7,10-14,18H,8-9H2,1-2H3,(H,25,28)(H,26,29)/b10-5+. The van der Waals surface area contributed by atoms with E-state index in [1.807, 2.05) is 36.7 Å². The van der Waals surface area contributed by atoms with Gasteiger partial charge in [0.05, 0.1) is 18.1 Å². The molecule has 1 fully saturated rings. The molecule has 1 aromatic carbocycles. The summed E-state index contributed by atoms with van der Waals surface area (Å²) in [6.45, 7) is 4.08. The zero-order chi connectivity index (χ0) is 20.4. The Hall–Kier alpha value is -3.48. The minimum Gasteiger partial charge on any atom is -0.349 e.